The number of aromatic amines is 1. The van der Waals surface area contributed by atoms with Crippen LogP contribution in [0.2, 0.25) is 0 Å². The molecular weight excluding hydrogens is 256 g/mol. The molecular formula is C14H26N4O2. The summed E-state index contributed by atoms with van der Waals surface area (Å²) in [6, 6.07) is 0.139. The van der Waals surface area contributed by atoms with E-state index in [0.29, 0.717) is 18.2 Å². The number of H-pyrrole nitrogens is 1. The number of nitrogens with one attached hydrogen (secondary N) is 2. The number of hydrogen-bond donors (Lipinski definition) is 3. The lowest BCUT2D eigenvalue weighted by molar-refractivity contribution is 0.520. The van der Waals surface area contributed by atoms with Crippen LogP contribution in [-0.4, -0.2) is 15.6 Å². The Labute approximate surface area is 119 Å². The third kappa shape index (κ3) is 4.15. The van der Waals surface area contributed by atoms with Crippen LogP contribution >= 0.6 is 0 Å². The average molecular weight is 282 g/mol. The summed E-state index contributed by atoms with van der Waals surface area (Å²) in [5, 5.41) is 3.13. The number of nitrogens with zero attached hydrogens (tertiary/aromatic N) is 1. The minimum Gasteiger partial charge on any atom is -0.383 e. The summed E-state index contributed by atoms with van der Waals surface area (Å²) in [6.45, 7) is 8.64. The molecule has 0 radical (unpaired) electrons. The Morgan fingerprint density at radius 2 is 1.90 bits per heavy atom. The van der Waals surface area contributed by atoms with Crippen LogP contribution in [0.15, 0.2) is 9.59 Å². The zero-order chi connectivity index (χ0) is 15.3. The third-order valence-electron chi connectivity index (χ3n) is 3.37. The molecule has 1 heterocycles. The van der Waals surface area contributed by atoms with E-state index in [1.165, 1.54) is 4.57 Å². The van der Waals surface area contributed by atoms with Crippen molar-refractivity contribution in [2.24, 2.45) is 5.92 Å². The van der Waals surface area contributed by atoms with E-state index in [1.54, 1.807) is 0 Å². The number of anilines is 2. The molecule has 1 unspecified atom stereocenters. The van der Waals surface area contributed by atoms with E-state index >= 15 is 0 Å². The molecule has 6 nitrogen and oxygen atoms in total. The van der Waals surface area contributed by atoms with Gasteiger partial charge in [-0.25, -0.2) is 4.79 Å². The highest BCUT2D eigenvalue weighted by atomic mass is 16.2. The van der Waals surface area contributed by atoms with E-state index in [9.17, 15) is 9.59 Å². The smallest absolute Gasteiger partial charge is 0.330 e. The largest absolute Gasteiger partial charge is 0.383 e. The Morgan fingerprint density at radius 1 is 1.25 bits per heavy atom. The highest BCUT2D eigenvalue weighted by molar-refractivity contribution is 5.60. The molecule has 0 aromatic carbocycles. The van der Waals surface area contributed by atoms with Gasteiger partial charge in [0.25, 0.3) is 5.56 Å². The minimum absolute atomic E-state index is 0.139. The lowest BCUT2D eigenvalue weighted by atomic mass is 10.0. The molecule has 0 aliphatic heterocycles. The molecule has 0 amide bonds. The van der Waals surface area contributed by atoms with Gasteiger partial charge in [-0.1, -0.05) is 26.7 Å². The Balaban J connectivity index is 2.82. The molecule has 114 valence electrons. The molecule has 1 atom stereocenters. The van der Waals surface area contributed by atoms with Crippen molar-refractivity contribution in [3.8, 4) is 0 Å². The fourth-order valence-corrected chi connectivity index (χ4v) is 2.19. The first-order chi connectivity index (χ1) is 9.36. The zero-order valence-corrected chi connectivity index (χ0v) is 12.8. The van der Waals surface area contributed by atoms with E-state index in [0.717, 1.165) is 19.3 Å². The summed E-state index contributed by atoms with van der Waals surface area (Å²) < 4.78 is 1.35. The van der Waals surface area contributed by atoms with Crippen LogP contribution in [0.25, 0.3) is 0 Å². The molecule has 1 aromatic heterocycles. The first kappa shape index (κ1) is 16.3. The predicted molar refractivity (Wildman–Crippen MR) is 83.2 cm³/mol. The summed E-state index contributed by atoms with van der Waals surface area (Å²) in [6.07, 6.45) is 3.21. The van der Waals surface area contributed by atoms with E-state index < -0.39 is 11.2 Å². The molecule has 0 aliphatic carbocycles. The monoisotopic (exact) mass is 282 g/mol. The van der Waals surface area contributed by atoms with Gasteiger partial charge in [0.05, 0.1) is 0 Å². The Hall–Kier alpha value is -1.72. The standard InChI is InChI=1S/C14H26N4O2/c1-5-18-12(15)11(13(19)17-14(18)20)16-10(4)8-6-7-9(2)3/h9-10,16H,5-8,15H2,1-4H3,(H,17,19,20). The van der Waals surface area contributed by atoms with Crippen molar-refractivity contribution in [1.29, 1.82) is 0 Å². The lowest BCUT2D eigenvalue weighted by Gasteiger charge is -2.18. The average Bonchev–Trinajstić information content (AvgIpc) is 2.34. The zero-order valence-electron chi connectivity index (χ0n) is 12.8. The quantitative estimate of drug-likeness (QED) is 0.710. The van der Waals surface area contributed by atoms with Crippen molar-refractivity contribution in [1.82, 2.24) is 9.55 Å². The van der Waals surface area contributed by atoms with Gasteiger partial charge in [-0.3, -0.25) is 14.3 Å². The fourth-order valence-electron chi connectivity index (χ4n) is 2.19. The van der Waals surface area contributed by atoms with Crippen LogP contribution in [0.4, 0.5) is 11.5 Å². The van der Waals surface area contributed by atoms with Gasteiger partial charge in [0.1, 0.15) is 11.5 Å². The number of hydrogen-bond acceptors (Lipinski definition) is 4. The van der Waals surface area contributed by atoms with Crippen LogP contribution in [0.5, 0.6) is 0 Å². The summed E-state index contributed by atoms with van der Waals surface area (Å²) in [4.78, 5) is 25.7. The summed E-state index contributed by atoms with van der Waals surface area (Å²) in [5.74, 6) is 0.884. The van der Waals surface area contributed by atoms with Crippen molar-refractivity contribution in [2.75, 3.05) is 11.1 Å². The fraction of sp³-hybridized carbons (Fsp3) is 0.714. The van der Waals surface area contributed by atoms with Crippen LogP contribution in [0.1, 0.15) is 47.0 Å². The van der Waals surface area contributed by atoms with Crippen molar-refractivity contribution in [2.45, 2.75) is 59.5 Å². The molecule has 0 spiro atoms. The first-order valence-electron chi connectivity index (χ1n) is 7.25. The van der Waals surface area contributed by atoms with Gasteiger partial charge in [-0.15, -0.1) is 0 Å². The molecule has 1 aromatic rings. The first-order valence-corrected chi connectivity index (χ1v) is 7.25. The van der Waals surface area contributed by atoms with Gasteiger partial charge >= 0.3 is 5.69 Å². The van der Waals surface area contributed by atoms with Crippen LogP contribution in [0.3, 0.4) is 0 Å². The highest BCUT2D eigenvalue weighted by Gasteiger charge is 2.13. The maximum Gasteiger partial charge on any atom is 0.330 e. The van der Waals surface area contributed by atoms with E-state index in [4.69, 9.17) is 5.73 Å². The van der Waals surface area contributed by atoms with Gasteiger partial charge in [-0.2, -0.15) is 0 Å². The number of nitrogens with two attached hydrogens (primary N) is 1. The maximum absolute atomic E-state index is 11.8. The van der Waals surface area contributed by atoms with Crippen molar-refractivity contribution in [3.05, 3.63) is 20.8 Å². The molecule has 0 aliphatic rings. The molecule has 0 fully saturated rings. The normalized spacial score (nSPS) is 12.7. The lowest BCUT2D eigenvalue weighted by Crippen LogP contribution is -2.35. The van der Waals surface area contributed by atoms with Crippen molar-refractivity contribution >= 4 is 11.5 Å². The van der Waals surface area contributed by atoms with Gasteiger partial charge in [0.15, 0.2) is 0 Å². The maximum atomic E-state index is 11.8. The summed E-state index contributed by atoms with van der Waals surface area (Å²) in [7, 11) is 0. The molecule has 20 heavy (non-hydrogen) atoms. The number of aromatic nitrogens is 2. The van der Waals surface area contributed by atoms with Gasteiger partial charge in [0.2, 0.25) is 0 Å². The van der Waals surface area contributed by atoms with Crippen molar-refractivity contribution < 1.29 is 0 Å². The third-order valence-corrected chi connectivity index (χ3v) is 3.37. The second-order valence-corrected chi connectivity index (χ2v) is 5.63. The molecule has 0 saturated heterocycles. The molecule has 1 rings (SSSR count). The van der Waals surface area contributed by atoms with Gasteiger partial charge < -0.3 is 11.1 Å². The Kier molecular flexibility index (Phi) is 5.85. The Bertz CT molecular complexity index is 545. The summed E-state index contributed by atoms with van der Waals surface area (Å²) in [5.41, 5.74) is 5.28. The molecule has 0 saturated carbocycles. The number of nitrogen functional groups attached to an aromatic ring is 1. The van der Waals surface area contributed by atoms with E-state index in [1.807, 2.05) is 13.8 Å². The number of rotatable bonds is 7. The second kappa shape index (κ2) is 7.17. The molecule has 4 N–H and O–H groups in total. The highest BCUT2D eigenvalue weighted by Crippen LogP contribution is 2.14. The molecule has 0 bridgehead atoms. The van der Waals surface area contributed by atoms with Gasteiger partial charge in [0, 0.05) is 12.6 Å². The van der Waals surface area contributed by atoms with Gasteiger partial charge in [-0.05, 0) is 26.2 Å². The van der Waals surface area contributed by atoms with Crippen LogP contribution in [0, 0.1) is 5.92 Å². The second-order valence-electron chi connectivity index (χ2n) is 5.63. The minimum atomic E-state index is -0.465. The summed E-state index contributed by atoms with van der Waals surface area (Å²) >= 11 is 0. The van der Waals surface area contributed by atoms with Crippen LogP contribution < -0.4 is 22.3 Å². The van der Waals surface area contributed by atoms with E-state index in [2.05, 4.69) is 24.1 Å². The Morgan fingerprint density at radius 3 is 2.45 bits per heavy atom. The van der Waals surface area contributed by atoms with Crippen molar-refractivity contribution in [3.63, 3.8) is 0 Å². The molecule has 6 heteroatoms. The topological polar surface area (TPSA) is 92.9 Å². The van der Waals surface area contributed by atoms with E-state index in [-0.39, 0.29) is 11.9 Å². The SMILES string of the molecule is CCn1c(N)c(NC(C)CCCC(C)C)c(=O)[nH]c1=O. The predicted octanol–water partition coefficient (Wildman–Crippen LogP) is 1.77. The van der Waals surface area contributed by atoms with Crippen LogP contribution in [-0.2, 0) is 6.54 Å².